The topological polar surface area (TPSA) is 60.2 Å². The van der Waals surface area contributed by atoms with Crippen molar-refractivity contribution >= 4 is 0 Å². The zero-order chi connectivity index (χ0) is 11.5. The average molecular weight is 213 g/mol. The average Bonchev–Trinajstić information content (AvgIpc) is 2.61. The minimum Gasteiger partial charge on any atom is -0.421 e. The molecule has 1 aromatic rings. The molecule has 0 amide bonds. The standard InChI is InChI=1S/C10H19N3O2/c1-7(11-5)9-13-12-8(15-9)6-14-10(2,3)4/h7,11H,6H2,1-5H3. The molecule has 1 aromatic heterocycles. The Morgan fingerprint density at radius 3 is 2.60 bits per heavy atom. The summed E-state index contributed by atoms with van der Waals surface area (Å²) in [6.07, 6.45) is 0. The quantitative estimate of drug-likeness (QED) is 0.824. The fourth-order valence-corrected chi connectivity index (χ4v) is 0.902. The highest BCUT2D eigenvalue weighted by Crippen LogP contribution is 2.13. The summed E-state index contributed by atoms with van der Waals surface area (Å²) in [7, 11) is 1.85. The van der Waals surface area contributed by atoms with Crippen molar-refractivity contribution in [1.82, 2.24) is 15.5 Å². The third-order valence-electron chi connectivity index (χ3n) is 1.91. The van der Waals surface area contributed by atoms with Gasteiger partial charge >= 0.3 is 0 Å². The van der Waals surface area contributed by atoms with Crippen LogP contribution in [0.15, 0.2) is 4.42 Å². The van der Waals surface area contributed by atoms with Gasteiger partial charge in [-0.15, -0.1) is 10.2 Å². The van der Waals surface area contributed by atoms with Crippen molar-refractivity contribution in [1.29, 1.82) is 0 Å². The Labute approximate surface area is 90.2 Å². The van der Waals surface area contributed by atoms with Crippen LogP contribution in [0.3, 0.4) is 0 Å². The van der Waals surface area contributed by atoms with E-state index < -0.39 is 0 Å². The van der Waals surface area contributed by atoms with Gasteiger partial charge in [-0.3, -0.25) is 0 Å². The molecule has 15 heavy (non-hydrogen) atoms. The molecule has 1 N–H and O–H groups in total. The van der Waals surface area contributed by atoms with Crippen molar-refractivity contribution in [2.45, 2.75) is 45.9 Å². The first kappa shape index (κ1) is 12.1. The molecule has 86 valence electrons. The van der Waals surface area contributed by atoms with E-state index in [9.17, 15) is 0 Å². The second-order valence-corrected chi connectivity index (χ2v) is 4.45. The van der Waals surface area contributed by atoms with Crippen LogP contribution in [-0.4, -0.2) is 22.8 Å². The van der Waals surface area contributed by atoms with Gasteiger partial charge in [0.2, 0.25) is 11.8 Å². The van der Waals surface area contributed by atoms with E-state index in [4.69, 9.17) is 9.15 Å². The van der Waals surface area contributed by atoms with E-state index in [-0.39, 0.29) is 11.6 Å². The summed E-state index contributed by atoms with van der Waals surface area (Å²) in [5.41, 5.74) is -0.191. The van der Waals surface area contributed by atoms with Crippen LogP contribution >= 0.6 is 0 Å². The van der Waals surface area contributed by atoms with Crippen LogP contribution in [0.25, 0.3) is 0 Å². The molecule has 0 saturated carbocycles. The summed E-state index contributed by atoms with van der Waals surface area (Å²) in [5.74, 6) is 1.10. The molecule has 0 aliphatic rings. The maximum absolute atomic E-state index is 5.53. The molecule has 0 bridgehead atoms. The zero-order valence-electron chi connectivity index (χ0n) is 10.00. The number of aromatic nitrogens is 2. The number of ether oxygens (including phenoxy) is 1. The molecule has 1 heterocycles. The second-order valence-electron chi connectivity index (χ2n) is 4.45. The Bertz CT molecular complexity index is 304. The van der Waals surface area contributed by atoms with Crippen LogP contribution in [0.2, 0.25) is 0 Å². The normalized spacial score (nSPS) is 14.2. The summed E-state index contributed by atoms with van der Waals surface area (Å²) in [6.45, 7) is 8.27. The SMILES string of the molecule is CNC(C)c1nnc(COC(C)(C)C)o1. The Hall–Kier alpha value is -0.940. The van der Waals surface area contributed by atoms with E-state index in [0.29, 0.717) is 18.4 Å². The smallest absolute Gasteiger partial charge is 0.242 e. The first-order valence-corrected chi connectivity index (χ1v) is 5.06. The van der Waals surface area contributed by atoms with E-state index >= 15 is 0 Å². The third-order valence-corrected chi connectivity index (χ3v) is 1.91. The van der Waals surface area contributed by atoms with Gasteiger partial charge < -0.3 is 14.5 Å². The van der Waals surface area contributed by atoms with E-state index in [0.717, 1.165) is 0 Å². The van der Waals surface area contributed by atoms with E-state index in [1.54, 1.807) is 0 Å². The van der Waals surface area contributed by atoms with Crippen LogP contribution < -0.4 is 5.32 Å². The Balaban J connectivity index is 2.53. The second kappa shape index (κ2) is 4.72. The summed E-state index contributed by atoms with van der Waals surface area (Å²) >= 11 is 0. The lowest BCUT2D eigenvalue weighted by atomic mass is 10.2. The van der Waals surface area contributed by atoms with Gasteiger partial charge in [0.25, 0.3) is 0 Å². The van der Waals surface area contributed by atoms with Gasteiger partial charge in [-0.1, -0.05) is 0 Å². The molecular weight excluding hydrogens is 194 g/mol. The van der Waals surface area contributed by atoms with Crippen LogP contribution in [0.1, 0.15) is 45.5 Å². The van der Waals surface area contributed by atoms with Gasteiger partial charge in [-0.05, 0) is 34.7 Å². The van der Waals surface area contributed by atoms with Crippen LogP contribution in [-0.2, 0) is 11.3 Å². The van der Waals surface area contributed by atoms with E-state index in [2.05, 4.69) is 15.5 Å². The Kier molecular flexibility index (Phi) is 3.82. The van der Waals surface area contributed by atoms with Crippen molar-refractivity contribution < 1.29 is 9.15 Å². The van der Waals surface area contributed by atoms with Gasteiger partial charge in [-0.25, -0.2) is 0 Å². The minimum atomic E-state index is -0.191. The molecule has 0 aliphatic heterocycles. The van der Waals surface area contributed by atoms with Crippen LogP contribution in [0.5, 0.6) is 0 Å². The van der Waals surface area contributed by atoms with Crippen molar-refractivity contribution in [3.05, 3.63) is 11.8 Å². The third kappa shape index (κ3) is 3.97. The van der Waals surface area contributed by atoms with Gasteiger partial charge in [0.1, 0.15) is 6.61 Å². The number of nitrogens with zero attached hydrogens (tertiary/aromatic N) is 2. The lowest BCUT2D eigenvalue weighted by Crippen LogP contribution is -2.18. The number of hydrogen-bond donors (Lipinski definition) is 1. The molecule has 0 aliphatic carbocycles. The molecule has 0 fully saturated rings. The Morgan fingerprint density at radius 1 is 1.40 bits per heavy atom. The number of nitrogens with one attached hydrogen (secondary N) is 1. The molecule has 0 radical (unpaired) electrons. The summed E-state index contributed by atoms with van der Waals surface area (Å²) in [6, 6.07) is 0.0703. The van der Waals surface area contributed by atoms with Gasteiger partial charge in [0.05, 0.1) is 11.6 Å². The molecule has 5 heteroatoms. The van der Waals surface area contributed by atoms with Gasteiger partial charge in [0, 0.05) is 0 Å². The number of hydrogen-bond acceptors (Lipinski definition) is 5. The van der Waals surface area contributed by atoms with Crippen LogP contribution in [0.4, 0.5) is 0 Å². The molecule has 1 atom stereocenters. The van der Waals surface area contributed by atoms with Gasteiger partial charge in [-0.2, -0.15) is 0 Å². The fraction of sp³-hybridized carbons (Fsp3) is 0.800. The van der Waals surface area contributed by atoms with Crippen molar-refractivity contribution in [2.75, 3.05) is 7.05 Å². The predicted octanol–water partition coefficient (Wildman–Crippen LogP) is 1.67. The molecule has 1 unspecified atom stereocenters. The first-order chi connectivity index (χ1) is 6.92. The van der Waals surface area contributed by atoms with E-state index in [1.807, 2.05) is 34.7 Å². The highest BCUT2D eigenvalue weighted by atomic mass is 16.5. The lowest BCUT2D eigenvalue weighted by molar-refractivity contribution is -0.0248. The largest absolute Gasteiger partial charge is 0.421 e. The molecule has 5 nitrogen and oxygen atoms in total. The summed E-state index contributed by atoms with van der Waals surface area (Å²) in [4.78, 5) is 0. The molecule has 0 saturated heterocycles. The fourth-order valence-electron chi connectivity index (χ4n) is 0.902. The molecule has 0 spiro atoms. The minimum absolute atomic E-state index is 0.0703. The summed E-state index contributed by atoms with van der Waals surface area (Å²) < 4.78 is 10.9. The maximum atomic E-state index is 5.53. The van der Waals surface area contributed by atoms with Crippen molar-refractivity contribution in [3.8, 4) is 0 Å². The van der Waals surface area contributed by atoms with Crippen LogP contribution in [0, 0.1) is 0 Å². The summed E-state index contributed by atoms with van der Waals surface area (Å²) in [5, 5.41) is 10.9. The monoisotopic (exact) mass is 213 g/mol. The lowest BCUT2D eigenvalue weighted by Gasteiger charge is -2.17. The highest BCUT2D eigenvalue weighted by Gasteiger charge is 2.15. The predicted molar refractivity (Wildman–Crippen MR) is 56.3 cm³/mol. The highest BCUT2D eigenvalue weighted by molar-refractivity contribution is 4.86. The number of rotatable bonds is 4. The van der Waals surface area contributed by atoms with Crippen molar-refractivity contribution in [3.63, 3.8) is 0 Å². The van der Waals surface area contributed by atoms with Crippen molar-refractivity contribution in [2.24, 2.45) is 0 Å². The van der Waals surface area contributed by atoms with Gasteiger partial charge in [0.15, 0.2) is 0 Å². The molecular formula is C10H19N3O2. The molecule has 0 aromatic carbocycles. The maximum Gasteiger partial charge on any atom is 0.242 e. The first-order valence-electron chi connectivity index (χ1n) is 5.06. The Morgan fingerprint density at radius 2 is 2.07 bits per heavy atom. The van der Waals surface area contributed by atoms with E-state index in [1.165, 1.54) is 0 Å². The zero-order valence-corrected chi connectivity index (χ0v) is 10.00. The molecule has 1 rings (SSSR count).